The minimum Gasteiger partial charge on any atom is -0.490 e. The Morgan fingerprint density at radius 2 is 2.25 bits per heavy atom. The van der Waals surface area contributed by atoms with Crippen LogP contribution in [0.25, 0.3) is 0 Å². The summed E-state index contributed by atoms with van der Waals surface area (Å²) in [5.41, 5.74) is 0.503. The first-order valence-electron chi connectivity index (χ1n) is 4.40. The third-order valence-corrected chi connectivity index (χ3v) is 2.36. The highest BCUT2D eigenvalue weighted by Crippen LogP contribution is 2.30. The maximum absolute atomic E-state index is 12.3. The van der Waals surface area contributed by atoms with E-state index in [2.05, 4.69) is 9.50 Å². The summed E-state index contributed by atoms with van der Waals surface area (Å²) >= 11 is 0. The molecule has 0 amide bonds. The summed E-state index contributed by atoms with van der Waals surface area (Å²) < 4.78 is 42.3. The van der Waals surface area contributed by atoms with Gasteiger partial charge in [-0.05, 0) is 11.5 Å². The summed E-state index contributed by atoms with van der Waals surface area (Å²) in [6.07, 6.45) is 0. The molecule has 1 aromatic rings. The lowest BCUT2D eigenvalue weighted by atomic mass is 9.94. The van der Waals surface area contributed by atoms with Crippen molar-refractivity contribution < 1.29 is 21.2 Å². The maximum atomic E-state index is 12.3. The summed E-state index contributed by atoms with van der Waals surface area (Å²) in [7, 11) is 0.413. The SMILES string of the molecule is [B]c1cc2c(cc1OS(=O)(=O)F)NCCO2. The number of hydrogen-bond donors (Lipinski definition) is 1. The van der Waals surface area contributed by atoms with Gasteiger partial charge in [0.2, 0.25) is 0 Å². The van der Waals surface area contributed by atoms with E-state index in [-0.39, 0.29) is 11.2 Å². The van der Waals surface area contributed by atoms with Gasteiger partial charge in [-0.25, -0.2) is 0 Å². The third-order valence-electron chi connectivity index (χ3n) is 1.98. The number of halogens is 1. The Hall–Kier alpha value is -1.44. The molecule has 0 unspecified atom stereocenters. The van der Waals surface area contributed by atoms with Crippen LogP contribution in [0.3, 0.4) is 0 Å². The smallest absolute Gasteiger partial charge is 0.488 e. The first-order chi connectivity index (χ1) is 7.46. The summed E-state index contributed by atoms with van der Waals surface area (Å²) in [4.78, 5) is 0. The van der Waals surface area contributed by atoms with Gasteiger partial charge in [0.1, 0.15) is 26.0 Å². The second kappa shape index (κ2) is 3.86. The molecular formula is C8H7BFNO4S. The minimum absolute atomic E-state index is 0.0105. The Labute approximate surface area is 93.4 Å². The second-order valence-corrected chi connectivity index (χ2v) is 4.09. The number of nitrogens with one attached hydrogen (secondary N) is 1. The van der Waals surface area contributed by atoms with Gasteiger partial charge >= 0.3 is 10.5 Å². The van der Waals surface area contributed by atoms with Gasteiger partial charge in [-0.15, -0.1) is 0 Å². The molecule has 5 nitrogen and oxygen atoms in total. The van der Waals surface area contributed by atoms with E-state index in [4.69, 9.17) is 12.6 Å². The molecule has 84 valence electrons. The van der Waals surface area contributed by atoms with Crippen LogP contribution in [-0.2, 0) is 10.5 Å². The molecule has 1 aromatic carbocycles. The molecule has 8 heteroatoms. The molecule has 0 aliphatic carbocycles. The van der Waals surface area contributed by atoms with Gasteiger partial charge in [0, 0.05) is 12.6 Å². The molecule has 0 saturated carbocycles. The number of fused-ring (bicyclic) bond motifs is 1. The molecule has 0 aromatic heterocycles. The van der Waals surface area contributed by atoms with E-state index in [1.54, 1.807) is 0 Å². The van der Waals surface area contributed by atoms with Gasteiger partial charge in [-0.2, -0.15) is 8.42 Å². The fraction of sp³-hybridized carbons (Fsp3) is 0.250. The highest BCUT2D eigenvalue weighted by molar-refractivity contribution is 7.81. The van der Waals surface area contributed by atoms with Crippen LogP contribution in [0.4, 0.5) is 9.57 Å². The highest BCUT2D eigenvalue weighted by atomic mass is 32.3. The highest BCUT2D eigenvalue weighted by Gasteiger charge is 2.17. The van der Waals surface area contributed by atoms with Crippen LogP contribution in [0.2, 0.25) is 0 Å². The van der Waals surface area contributed by atoms with Crippen molar-refractivity contribution in [2.45, 2.75) is 0 Å². The molecule has 0 spiro atoms. The Kier molecular flexibility index (Phi) is 2.67. The molecule has 0 saturated heterocycles. The van der Waals surface area contributed by atoms with Crippen molar-refractivity contribution in [2.75, 3.05) is 18.5 Å². The van der Waals surface area contributed by atoms with Crippen molar-refractivity contribution in [3.05, 3.63) is 12.1 Å². The van der Waals surface area contributed by atoms with E-state index < -0.39 is 10.5 Å². The zero-order chi connectivity index (χ0) is 11.8. The molecule has 0 atom stereocenters. The van der Waals surface area contributed by atoms with Crippen LogP contribution < -0.4 is 19.7 Å². The van der Waals surface area contributed by atoms with Gasteiger partial charge in [0.15, 0.2) is 0 Å². The Morgan fingerprint density at radius 3 is 2.94 bits per heavy atom. The molecule has 0 bridgehead atoms. The third kappa shape index (κ3) is 2.38. The quantitative estimate of drug-likeness (QED) is 0.579. The van der Waals surface area contributed by atoms with Crippen LogP contribution >= 0.6 is 0 Å². The lowest BCUT2D eigenvalue weighted by Crippen LogP contribution is -2.21. The van der Waals surface area contributed by atoms with E-state index in [1.165, 1.54) is 12.1 Å². The van der Waals surface area contributed by atoms with E-state index in [0.717, 1.165) is 0 Å². The minimum atomic E-state index is -5.07. The van der Waals surface area contributed by atoms with Gasteiger partial charge in [0.25, 0.3) is 0 Å². The Balaban J connectivity index is 2.40. The molecule has 0 fully saturated rings. The molecule has 16 heavy (non-hydrogen) atoms. The van der Waals surface area contributed by atoms with E-state index in [1.807, 2.05) is 0 Å². The zero-order valence-corrected chi connectivity index (χ0v) is 8.88. The molecule has 1 heterocycles. The summed E-state index contributed by atoms with van der Waals surface area (Å²) in [5.74, 6) is 0.214. The van der Waals surface area contributed by atoms with Gasteiger partial charge in [-0.1, -0.05) is 3.89 Å². The largest absolute Gasteiger partial charge is 0.490 e. The topological polar surface area (TPSA) is 64.6 Å². The first-order valence-corrected chi connectivity index (χ1v) is 5.71. The van der Waals surface area contributed by atoms with Crippen molar-refractivity contribution in [2.24, 2.45) is 0 Å². The van der Waals surface area contributed by atoms with E-state index >= 15 is 0 Å². The van der Waals surface area contributed by atoms with Gasteiger partial charge in [-0.3, -0.25) is 0 Å². The van der Waals surface area contributed by atoms with E-state index in [9.17, 15) is 12.3 Å². The molecule has 2 radical (unpaired) electrons. The van der Waals surface area contributed by atoms with Crippen LogP contribution in [0, 0.1) is 0 Å². The lowest BCUT2D eigenvalue weighted by Gasteiger charge is -2.20. The van der Waals surface area contributed by atoms with Crippen molar-refractivity contribution >= 4 is 29.5 Å². The van der Waals surface area contributed by atoms with Crippen molar-refractivity contribution in [1.82, 2.24) is 0 Å². The average molecular weight is 243 g/mol. The fourth-order valence-electron chi connectivity index (χ4n) is 1.36. The first kappa shape index (κ1) is 11.1. The monoisotopic (exact) mass is 243 g/mol. The standard InChI is InChI=1S/C8H7BFNO4S/c9-5-3-8-6(11-1-2-14-8)4-7(5)15-16(10,12)13/h3-4,11H,1-2H2. The maximum Gasteiger partial charge on any atom is 0.488 e. The van der Waals surface area contributed by atoms with Crippen LogP contribution in [0.15, 0.2) is 12.1 Å². The summed E-state index contributed by atoms with van der Waals surface area (Å²) in [5, 5.41) is 2.94. The van der Waals surface area contributed by atoms with Gasteiger partial charge in [0.05, 0.1) is 5.69 Å². The number of ether oxygens (including phenoxy) is 1. The number of rotatable bonds is 2. The van der Waals surface area contributed by atoms with Crippen LogP contribution in [0.5, 0.6) is 11.5 Å². The zero-order valence-electron chi connectivity index (χ0n) is 8.07. The second-order valence-electron chi connectivity index (χ2n) is 3.14. The Bertz CT molecular complexity index is 519. The molecule has 1 aliphatic rings. The van der Waals surface area contributed by atoms with Crippen molar-refractivity contribution in [1.29, 1.82) is 0 Å². The number of anilines is 1. The summed E-state index contributed by atoms with van der Waals surface area (Å²) in [6, 6.07) is 2.66. The van der Waals surface area contributed by atoms with Crippen LogP contribution in [-0.4, -0.2) is 29.4 Å². The lowest BCUT2D eigenvalue weighted by molar-refractivity contribution is 0.323. The fourth-order valence-corrected chi connectivity index (χ4v) is 1.72. The predicted molar refractivity (Wildman–Crippen MR) is 56.5 cm³/mol. The number of benzene rings is 1. The normalized spacial score (nSPS) is 14.6. The van der Waals surface area contributed by atoms with Crippen LogP contribution in [0.1, 0.15) is 0 Å². The number of hydrogen-bond acceptors (Lipinski definition) is 5. The molecule has 1 N–H and O–H groups in total. The summed E-state index contributed by atoms with van der Waals surface area (Å²) in [6.45, 7) is 1.05. The Morgan fingerprint density at radius 1 is 1.50 bits per heavy atom. The average Bonchev–Trinajstić information content (AvgIpc) is 2.17. The van der Waals surface area contributed by atoms with Crippen molar-refractivity contribution in [3.63, 3.8) is 0 Å². The van der Waals surface area contributed by atoms with Crippen molar-refractivity contribution in [3.8, 4) is 11.5 Å². The van der Waals surface area contributed by atoms with Gasteiger partial charge < -0.3 is 14.2 Å². The predicted octanol–water partition coefficient (Wildman–Crippen LogP) is -0.122. The van der Waals surface area contributed by atoms with E-state index in [0.29, 0.717) is 24.6 Å². The molecular weight excluding hydrogens is 236 g/mol. The molecule has 2 rings (SSSR count). The molecule has 1 aliphatic heterocycles.